The number of aromatic nitrogens is 1. The monoisotopic (exact) mass is 248 g/mol. The van der Waals surface area contributed by atoms with Crippen molar-refractivity contribution in [3.05, 3.63) is 23.0 Å². The normalized spacial score (nSPS) is 17.2. The van der Waals surface area contributed by atoms with Gasteiger partial charge in [-0.2, -0.15) is 0 Å². The summed E-state index contributed by atoms with van der Waals surface area (Å²) in [4.78, 5) is 25.5. The maximum Gasteiger partial charge on any atom is 0.178 e. The highest BCUT2D eigenvalue weighted by Crippen LogP contribution is 2.15. The lowest BCUT2D eigenvalue weighted by Gasteiger charge is -2.24. The lowest BCUT2D eigenvalue weighted by atomic mass is 10.1. The highest BCUT2D eigenvalue weighted by molar-refractivity contribution is 5.99. The molecule has 1 fully saturated rings. The van der Waals surface area contributed by atoms with E-state index >= 15 is 0 Å². The molecular formula is C14H20N2O2. The first-order chi connectivity index (χ1) is 8.49. The van der Waals surface area contributed by atoms with E-state index in [1.807, 2.05) is 31.5 Å². The molecule has 0 spiro atoms. The van der Waals surface area contributed by atoms with Crippen LogP contribution in [0, 0.1) is 13.8 Å². The Bertz CT molecular complexity index is 478. The van der Waals surface area contributed by atoms with Gasteiger partial charge in [0, 0.05) is 49.9 Å². The van der Waals surface area contributed by atoms with Crippen molar-refractivity contribution in [3.63, 3.8) is 0 Å². The topological polar surface area (TPSA) is 42.3 Å². The molecule has 4 nitrogen and oxygen atoms in total. The molecule has 2 rings (SSSR count). The fourth-order valence-electron chi connectivity index (χ4n) is 2.39. The van der Waals surface area contributed by atoms with Crippen LogP contribution in [0.25, 0.3) is 0 Å². The van der Waals surface area contributed by atoms with Crippen LogP contribution in [0.3, 0.4) is 0 Å². The lowest BCUT2D eigenvalue weighted by Crippen LogP contribution is -2.37. The van der Waals surface area contributed by atoms with Crippen LogP contribution in [0.15, 0.2) is 6.07 Å². The first-order valence-electron chi connectivity index (χ1n) is 6.39. The van der Waals surface area contributed by atoms with Gasteiger partial charge in [-0.1, -0.05) is 0 Å². The maximum absolute atomic E-state index is 12.2. The SMILES string of the molecule is Cc1cc(C(=O)CN2CCC(=O)CC2)c(C)n1C. The molecule has 1 aliphatic heterocycles. The van der Waals surface area contributed by atoms with Crippen LogP contribution < -0.4 is 0 Å². The summed E-state index contributed by atoms with van der Waals surface area (Å²) in [5, 5.41) is 0. The average molecular weight is 248 g/mol. The Balaban J connectivity index is 2.03. The van der Waals surface area contributed by atoms with Crippen molar-refractivity contribution < 1.29 is 9.59 Å². The van der Waals surface area contributed by atoms with Crippen LogP contribution in [-0.4, -0.2) is 40.7 Å². The van der Waals surface area contributed by atoms with E-state index < -0.39 is 0 Å². The molecule has 1 aliphatic rings. The number of piperidine rings is 1. The van der Waals surface area contributed by atoms with Crippen LogP contribution in [0.5, 0.6) is 0 Å². The second-order valence-corrected chi connectivity index (χ2v) is 5.08. The Morgan fingerprint density at radius 3 is 2.39 bits per heavy atom. The van der Waals surface area contributed by atoms with E-state index in [9.17, 15) is 9.59 Å². The van der Waals surface area contributed by atoms with Gasteiger partial charge < -0.3 is 4.57 Å². The fourth-order valence-corrected chi connectivity index (χ4v) is 2.39. The number of hydrogen-bond acceptors (Lipinski definition) is 3. The summed E-state index contributed by atoms with van der Waals surface area (Å²) in [6, 6.07) is 1.95. The summed E-state index contributed by atoms with van der Waals surface area (Å²) in [5.74, 6) is 0.469. The molecule has 1 aromatic heterocycles. The van der Waals surface area contributed by atoms with E-state index in [1.165, 1.54) is 0 Å². The Morgan fingerprint density at radius 1 is 1.28 bits per heavy atom. The number of rotatable bonds is 3. The van der Waals surface area contributed by atoms with E-state index in [1.54, 1.807) is 0 Å². The van der Waals surface area contributed by atoms with Crippen molar-refractivity contribution in [2.45, 2.75) is 26.7 Å². The third-order valence-electron chi connectivity index (χ3n) is 3.86. The summed E-state index contributed by atoms with van der Waals surface area (Å²) in [7, 11) is 1.97. The smallest absolute Gasteiger partial charge is 0.178 e. The van der Waals surface area contributed by atoms with Crippen molar-refractivity contribution >= 4 is 11.6 Å². The second-order valence-electron chi connectivity index (χ2n) is 5.08. The number of Topliss-reactive ketones (excluding diaryl/α,β-unsaturated/α-hetero) is 2. The average Bonchev–Trinajstić information content (AvgIpc) is 2.60. The van der Waals surface area contributed by atoms with E-state index in [0.717, 1.165) is 30.0 Å². The van der Waals surface area contributed by atoms with Gasteiger partial charge in [-0.3, -0.25) is 14.5 Å². The van der Waals surface area contributed by atoms with Gasteiger partial charge in [0.05, 0.1) is 6.54 Å². The molecule has 0 bridgehead atoms. The fraction of sp³-hybridized carbons (Fsp3) is 0.571. The minimum Gasteiger partial charge on any atom is -0.351 e. The molecule has 0 atom stereocenters. The minimum atomic E-state index is 0.158. The standard InChI is InChI=1S/C14H20N2O2/c1-10-8-13(11(2)15(10)3)14(18)9-16-6-4-12(17)5-7-16/h8H,4-7,9H2,1-3H3. The highest BCUT2D eigenvalue weighted by atomic mass is 16.1. The Labute approximate surface area is 108 Å². The quantitative estimate of drug-likeness (QED) is 0.761. The first kappa shape index (κ1) is 13.0. The van der Waals surface area contributed by atoms with Crippen molar-refractivity contribution in [3.8, 4) is 0 Å². The molecule has 1 saturated heterocycles. The van der Waals surface area contributed by atoms with Crippen LogP contribution in [0.2, 0.25) is 0 Å². The molecular weight excluding hydrogens is 228 g/mol. The zero-order chi connectivity index (χ0) is 13.3. The predicted molar refractivity (Wildman–Crippen MR) is 69.9 cm³/mol. The van der Waals surface area contributed by atoms with Gasteiger partial charge in [0.15, 0.2) is 5.78 Å². The molecule has 18 heavy (non-hydrogen) atoms. The number of carbonyl (C=O) groups excluding carboxylic acids is 2. The molecule has 0 amide bonds. The molecule has 98 valence electrons. The Hall–Kier alpha value is -1.42. The maximum atomic E-state index is 12.2. The largest absolute Gasteiger partial charge is 0.351 e. The van der Waals surface area contributed by atoms with Crippen LogP contribution >= 0.6 is 0 Å². The van der Waals surface area contributed by atoms with Gasteiger partial charge in [0.2, 0.25) is 0 Å². The number of ketones is 2. The lowest BCUT2D eigenvalue weighted by molar-refractivity contribution is -0.121. The van der Waals surface area contributed by atoms with Gasteiger partial charge >= 0.3 is 0 Å². The molecule has 1 aromatic rings. The van der Waals surface area contributed by atoms with E-state index in [2.05, 4.69) is 4.90 Å². The second kappa shape index (κ2) is 5.06. The summed E-state index contributed by atoms with van der Waals surface area (Å²) in [5.41, 5.74) is 2.93. The third kappa shape index (κ3) is 2.53. The summed E-state index contributed by atoms with van der Waals surface area (Å²) in [6.45, 7) is 5.84. The molecule has 2 heterocycles. The van der Waals surface area contributed by atoms with Gasteiger partial charge in [-0.05, 0) is 19.9 Å². The zero-order valence-corrected chi connectivity index (χ0v) is 11.3. The number of aryl methyl sites for hydroxylation is 1. The van der Waals surface area contributed by atoms with Crippen molar-refractivity contribution in [2.24, 2.45) is 7.05 Å². The molecule has 4 heteroatoms. The molecule has 0 aliphatic carbocycles. The Kier molecular flexibility index (Phi) is 3.66. The molecule has 0 unspecified atom stereocenters. The Morgan fingerprint density at radius 2 is 1.89 bits per heavy atom. The molecule has 0 N–H and O–H groups in total. The summed E-state index contributed by atoms with van der Waals surface area (Å²) >= 11 is 0. The van der Waals surface area contributed by atoms with Gasteiger partial charge in [-0.25, -0.2) is 0 Å². The van der Waals surface area contributed by atoms with E-state index in [-0.39, 0.29) is 5.78 Å². The predicted octanol–water partition coefficient (Wildman–Crippen LogP) is 1.49. The minimum absolute atomic E-state index is 0.158. The third-order valence-corrected chi connectivity index (χ3v) is 3.86. The van der Waals surface area contributed by atoms with Gasteiger partial charge in [-0.15, -0.1) is 0 Å². The van der Waals surface area contributed by atoms with Crippen LogP contribution in [-0.2, 0) is 11.8 Å². The van der Waals surface area contributed by atoms with Gasteiger partial charge in [0.25, 0.3) is 0 Å². The van der Waals surface area contributed by atoms with E-state index in [0.29, 0.717) is 25.2 Å². The number of nitrogens with zero attached hydrogens (tertiary/aromatic N) is 2. The van der Waals surface area contributed by atoms with Gasteiger partial charge in [0.1, 0.15) is 5.78 Å². The highest BCUT2D eigenvalue weighted by Gasteiger charge is 2.21. The van der Waals surface area contributed by atoms with Crippen molar-refractivity contribution in [2.75, 3.05) is 19.6 Å². The zero-order valence-electron chi connectivity index (χ0n) is 11.3. The number of carbonyl (C=O) groups is 2. The van der Waals surface area contributed by atoms with Crippen LogP contribution in [0.4, 0.5) is 0 Å². The van der Waals surface area contributed by atoms with E-state index in [4.69, 9.17) is 0 Å². The number of likely N-dealkylation sites (tertiary alicyclic amines) is 1. The number of hydrogen-bond donors (Lipinski definition) is 0. The molecule has 0 saturated carbocycles. The first-order valence-corrected chi connectivity index (χ1v) is 6.39. The molecule has 0 radical (unpaired) electrons. The van der Waals surface area contributed by atoms with Crippen LogP contribution in [0.1, 0.15) is 34.6 Å². The van der Waals surface area contributed by atoms with Crippen molar-refractivity contribution in [1.82, 2.24) is 9.47 Å². The van der Waals surface area contributed by atoms with Crippen molar-refractivity contribution in [1.29, 1.82) is 0 Å². The molecule has 0 aromatic carbocycles. The summed E-state index contributed by atoms with van der Waals surface area (Å²) in [6.07, 6.45) is 1.17. The summed E-state index contributed by atoms with van der Waals surface area (Å²) < 4.78 is 2.03.